The van der Waals surface area contributed by atoms with Crippen LogP contribution in [0.3, 0.4) is 0 Å². The lowest BCUT2D eigenvalue weighted by Gasteiger charge is -2.48. The lowest BCUT2D eigenvalue weighted by Crippen LogP contribution is -2.44. The average Bonchev–Trinajstić information content (AvgIpc) is 2.64. The summed E-state index contributed by atoms with van der Waals surface area (Å²) in [4.78, 5) is 2.63. The fourth-order valence-electron chi connectivity index (χ4n) is 4.79. The number of nitrogens with zero attached hydrogens (tertiary/aromatic N) is 1. The topological polar surface area (TPSA) is 12.5 Å². The van der Waals surface area contributed by atoms with Crippen molar-refractivity contribution in [3.05, 3.63) is 58.6 Å². The zero-order chi connectivity index (χ0) is 21.0. The van der Waals surface area contributed by atoms with Gasteiger partial charge in [0, 0.05) is 24.2 Å². The zero-order valence-corrected chi connectivity index (χ0v) is 19.4. The van der Waals surface area contributed by atoms with Crippen LogP contribution in [0.2, 0.25) is 0 Å². The Hall–Kier alpha value is -1.96. The fourth-order valence-corrected chi connectivity index (χ4v) is 4.79. The van der Waals surface area contributed by atoms with Crippen molar-refractivity contribution in [1.29, 1.82) is 0 Å². The highest BCUT2D eigenvalue weighted by molar-refractivity contribution is 5.72. The Labute approximate surface area is 177 Å². The van der Waals surface area contributed by atoms with Crippen LogP contribution in [-0.2, 0) is 15.6 Å². The maximum atomic E-state index is 6.18. The highest BCUT2D eigenvalue weighted by Crippen LogP contribution is 2.49. The van der Waals surface area contributed by atoms with E-state index in [1.807, 2.05) is 0 Å². The predicted molar refractivity (Wildman–Crippen MR) is 124 cm³/mol. The molecule has 2 heteroatoms. The third kappa shape index (κ3) is 3.79. The molecule has 0 atom stereocenters. The first-order valence-electron chi connectivity index (χ1n) is 11.2. The number of hydrogen-bond acceptors (Lipinski definition) is 2. The van der Waals surface area contributed by atoms with Gasteiger partial charge in [-0.2, -0.15) is 0 Å². The van der Waals surface area contributed by atoms with Crippen LogP contribution >= 0.6 is 0 Å². The fraction of sp³-hybridized carbons (Fsp3) is 0.556. The summed E-state index contributed by atoms with van der Waals surface area (Å²) in [7, 11) is 0. The number of anilines is 1. The molecular weight excluding hydrogens is 354 g/mol. The van der Waals surface area contributed by atoms with Crippen molar-refractivity contribution in [2.45, 2.75) is 78.6 Å². The highest BCUT2D eigenvalue weighted by atomic mass is 16.5. The van der Waals surface area contributed by atoms with E-state index in [9.17, 15) is 0 Å². The molecule has 3 aliphatic rings. The van der Waals surface area contributed by atoms with E-state index >= 15 is 0 Å². The smallest absolute Gasteiger partial charge is 0.123 e. The van der Waals surface area contributed by atoms with Crippen molar-refractivity contribution in [3.8, 4) is 0 Å². The van der Waals surface area contributed by atoms with Gasteiger partial charge in [0.05, 0.1) is 0 Å². The summed E-state index contributed by atoms with van der Waals surface area (Å²) in [5.74, 6) is 2.03. The Morgan fingerprint density at radius 1 is 0.897 bits per heavy atom. The van der Waals surface area contributed by atoms with Crippen molar-refractivity contribution in [2.75, 3.05) is 18.0 Å². The molecule has 0 radical (unpaired) electrons. The van der Waals surface area contributed by atoms with Crippen LogP contribution < -0.4 is 4.90 Å². The monoisotopic (exact) mass is 391 g/mol. The quantitative estimate of drug-likeness (QED) is 0.533. The molecule has 29 heavy (non-hydrogen) atoms. The van der Waals surface area contributed by atoms with Gasteiger partial charge in [0.25, 0.3) is 0 Å². The Morgan fingerprint density at radius 2 is 1.48 bits per heavy atom. The molecule has 0 amide bonds. The molecular formula is C27H37NO. The first-order chi connectivity index (χ1) is 13.5. The molecule has 1 aromatic carbocycles. The lowest BCUT2D eigenvalue weighted by atomic mass is 9.69. The molecule has 3 aliphatic heterocycles. The zero-order valence-electron chi connectivity index (χ0n) is 19.4. The minimum absolute atomic E-state index is 0.0425. The van der Waals surface area contributed by atoms with Crippen LogP contribution in [0.25, 0.3) is 6.08 Å². The van der Waals surface area contributed by atoms with E-state index in [0.29, 0.717) is 0 Å². The molecule has 0 unspecified atom stereocenters. The molecule has 0 aromatic heterocycles. The second kappa shape index (κ2) is 6.79. The number of rotatable bonds is 2. The third-order valence-corrected chi connectivity index (χ3v) is 6.95. The Kier molecular flexibility index (Phi) is 4.76. The summed E-state index contributed by atoms with van der Waals surface area (Å²) < 4.78 is 6.18. The van der Waals surface area contributed by atoms with E-state index in [1.165, 1.54) is 48.3 Å². The molecule has 4 rings (SSSR count). The molecule has 0 aliphatic carbocycles. The van der Waals surface area contributed by atoms with Gasteiger partial charge in [-0.3, -0.25) is 0 Å². The molecule has 0 fully saturated rings. The van der Waals surface area contributed by atoms with Gasteiger partial charge in [0.15, 0.2) is 0 Å². The van der Waals surface area contributed by atoms with E-state index in [2.05, 4.69) is 89.8 Å². The van der Waals surface area contributed by atoms with E-state index < -0.39 is 0 Å². The Balaban J connectivity index is 1.70. The Morgan fingerprint density at radius 3 is 2.03 bits per heavy atom. The summed E-state index contributed by atoms with van der Waals surface area (Å²) in [5, 5.41) is 0. The van der Waals surface area contributed by atoms with Gasteiger partial charge in [-0.15, -0.1) is 0 Å². The van der Waals surface area contributed by atoms with Gasteiger partial charge in [-0.05, 0) is 77.1 Å². The molecule has 2 nitrogen and oxygen atoms in total. The third-order valence-electron chi connectivity index (χ3n) is 6.95. The maximum Gasteiger partial charge on any atom is 0.123 e. The van der Waals surface area contributed by atoms with Gasteiger partial charge in [-0.25, -0.2) is 0 Å². The average molecular weight is 392 g/mol. The van der Waals surface area contributed by atoms with Crippen LogP contribution in [0.15, 0.2) is 41.9 Å². The van der Waals surface area contributed by atoms with E-state index in [1.54, 1.807) is 0 Å². The van der Waals surface area contributed by atoms with Gasteiger partial charge in [0.1, 0.15) is 11.5 Å². The first-order valence-corrected chi connectivity index (χ1v) is 11.2. The molecule has 1 aromatic rings. The van der Waals surface area contributed by atoms with E-state index in [0.717, 1.165) is 17.9 Å². The normalized spacial score (nSPS) is 22.7. The number of ether oxygens (including phenoxy) is 1. The second-order valence-corrected chi connectivity index (χ2v) is 11.3. The summed E-state index contributed by atoms with van der Waals surface area (Å²) in [6, 6.07) is 4.85. The number of benzene rings is 1. The largest absolute Gasteiger partial charge is 0.462 e. The standard InChI is InChI=1S/C27H37NO/c1-25(2,3)23-10-8-9-20(29-23)12-11-19-17-21-24-22(18-19)27(6,7)14-16-28(24)15-13-26(21,4)5/h9-12,17-18H,8,13-16H2,1-7H3. The van der Waals surface area contributed by atoms with Crippen LogP contribution in [0.4, 0.5) is 5.69 Å². The summed E-state index contributed by atoms with van der Waals surface area (Å²) in [5.41, 5.74) is 6.33. The van der Waals surface area contributed by atoms with Crippen molar-refractivity contribution in [1.82, 2.24) is 0 Å². The van der Waals surface area contributed by atoms with Crippen LogP contribution in [0.5, 0.6) is 0 Å². The molecule has 0 saturated carbocycles. The lowest BCUT2D eigenvalue weighted by molar-refractivity contribution is 0.220. The summed E-state index contributed by atoms with van der Waals surface area (Å²) >= 11 is 0. The van der Waals surface area contributed by atoms with Gasteiger partial charge in [0.2, 0.25) is 0 Å². The van der Waals surface area contributed by atoms with Crippen LogP contribution in [0, 0.1) is 5.41 Å². The molecule has 3 heterocycles. The first kappa shape index (κ1) is 20.3. The van der Waals surface area contributed by atoms with Crippen molar-refractivity contribution < 1.29 is 4.74 Å². The number of allylic oxidation sites excluding steroid dienone is 4. The molecule has 0 saturated heterocycles. The highest BCUT2D eigenvalue weighted by Gasteiger charge is 2.39. The van der Waals surface area contributed by atoms with Gasteiger partial charge in [-0.1, -0.05) is 54.5 Å². The van der Waals surface area contributed by atoms with Gasteiger partial charge < -0.3 is 9.64 Å². The van der Waals surface area contributed by atoms with Crippen molar-refractivity contribution in [2.24, 2.45) is 5.41 Å². The summed E-state index contributed by atoms with van der Waals surface area (Å²) in [6.07, 6.45) is 12.1. The summed E-state index contributed by atoms with van der Waals surface area (Å²) in [6.45, 7) is 18.6. The minimum atomic E-state index is 0.0425. The predicted octanol–water partition coefficient (Wildman–Crippen LogP) is 7.10. The van der Waals surface area contributed by atoms with Crippen LogP contribution in [0.1, 0.15) is 84.4 Å². The maximum absolute atomic E-state index is 6.18. The number of hydrogen-bond donors (Lipinski definition) is 0. The molecule has 0 spiro atoms. The molecule has 0 N–H and O–H groups in total. The molecule has 0 bridgehead atoms. The van der Waals surface area contributed by atoms with Gasteiger partial charge >= 0.3 is 0 Å². The second-order valence-electron chi connectivity index (χ2n) is 11.3. The molecule has 156 valence electrons. The Bertz CT molecular complexity index is 864. The van der Waals surface area contributed by atoms with E-state index in [-0.39, 0.29) is 16.2 Å². The van der Waals surface area contributed by atoms with Crippen molar-refractivity contribution >= 4 is 11.8 Å². The van der Waals surface area contributed by atoms with E-state index in [4.69, 9.17) is 4.74 Å². The van der Waals surface area contributed by atoms with Crippen molar-refractivity contribution in [3.63, 3.8) is 0 Å². The minimum Gasteiger partial charge on any atom is -0.462 e. The SMILES string of the molecule is CC(C)(C)C1=CCC=C(C=Cc2cc3c4c(c2)C(C)(C)CCN4CCC3(C)C)O1. The van der Waals surface area contributed by atoms with Crippen LogP contribution in [-0.4, -0.2) is 13.1 Å².